The minimum absolute atomic E-state index is 0.0283. The molecule has 0 radical (unpaired) electrons. The van der Waals surface area contributed by atoms with Gasteiger partial charge in [-0.2, -0.15) is 0 Å². The normalized spacial score (nSPS) is 14.8. The van der Waals surface area contributed by atoms with Gasteiger partial charge in [0.15, 0.2) is 23.0 Å². The number of phenolic OH excluding ortho intramolecular Hbond substituents is 3. The predicted octanol–water partition coefficient (Wildman–Crippen LogP) is 2.90. The Balaban J connectivity index is 2.10. The Bertz CT molecular complexity index is 1010. The average molecular weight is 340 g/mol. The van der Waals surface area contributed by atoms with E-state index in [2.05, 4.69) is 0 Å². The van der Waals surface area contributed by atoms with Crippen molar-refractivity contribution < 1.29 is 35.1 Å². The van der Waals surface area contributed by atoms with Gasteiger partial charge >= 0.3 is 5.97 Å². The average Bonchev–Trinajstić information content (AvgIpc) is 2.75. The number of hydrogen-bond acceptors (Lipinski definition) is 6. The van der Waals surface area contributed by atoms with E-state index in [0.717, 1.165) is 0 Å². The van der Waals surface area contributed by atoms with Gasteiger partial charge in [-0.05, 0) is 29.8 Å². The van der Waals surface area contributed by atoms with Crippen molar-refractivity contribution in [2.24, 2.45) is 0 Å². The molecule has 0 unspecified atom stereocenters. The van der Waals surface area contributed by atoms with Gasteiger partial charge < -0.3 is 30.3 Å². The zero-order valence-electron chi connectivity index (χ0n) is 12.6. The van der Waals surface area contributed by atoms with Crippen LogP contribution in [-0.4, -0.2) is 31.5 Å². The number of fused-ring (bicyclic) bond motifs is 1. The minimum Gasteiger partial charge on any atom is -0.507 e. The van der Waals surface area contributed by atoms with Crippen LogP contribution < -0.4 is 4.74 Å². The fourth-order valence-electron chi connectivity index (χ4n) is 3.09. The highest BCUT2D eigenvalue weighted by molar-refractivity contribution is 6.03. The lowest BCUT2D eigenvalue weighted by Gasteiger charge is -2.22. The van der Waals surface area contributed by atoms with Crippen LogP contribution in [-0.2, 0) is 11.2 Å². The molecule has 0 aromatic heterocycles. The number of aliphatic hydroxyl groups is 1. The van der Waals surface area contributed by atoms with E-state index >= 15 is 0 Å². The summed E-state index contributed by atoms with van der Waals surface area (Å²) in [4.78, 5) is 11.4. The maximum atomic E-state index is 11.4. The number of carbonyl (C=O) groups is 1. The van der Waals surface area contributed by atoms with Crippen LogP contribution in [0, 0.1) is 0 Å². The molecule has 7 nitrogen and oxygen atoms in total. The van der Waals surface area contributed by atoms with Crippen LogP contribution in [0.5, 0.6) is 28.7 Å². The molecule has 0 saturated heterocycles. The summed E-state index contributed by atoms with van der Waals surface area (Å²) in [5.74, 6) is -2.99. The molecule has 2 aliphatic rings. The topological polar surface area (TPSA) is 127 Å². The van der Waals surface area contributed by atoms with E-state index in [-0.39, 0.29) is 34.8 Å². The molecule has 0 atom stereocenters. The zero-order chi connectivity index (χ0) is 17.9. The monoisotopic (exact) mass is 340 g/mol. The van der Waals surface area contributed by atoms with Gasteiger partial charge in [0.05, 0.1) is 5.57 Å². The summed E-state index contributed by atoms with van der Waals surface area (Å²) >= 11 is 0. The summed E-state index contributed by atoms with van der Waals surface area (Å²) < 4.78 is 5.64. The van der Waals surface area contributed by atoms with Crippen molar-refractivity contribution >= 4 is 17.6 Å². The van der Waals surface area contributed by atoms with E-state index in [1.807, 2.05) is 0 Å². The summed E-state index contributed by atoms with van der Waals surface area (Å²) in [6, 6.07) is 5.59. The number of carboxylic acid groups (broad SMARTS) is 1. The molecular formula is C18H12O7. The van der Waals surface area contributed by atoms with Crippen molar-refractivity contribution in [3.63, 3.8) is 0 Å². The van der Waals surface area contributed by atoms with Gasteiger partial charge in [0.25, 0.3) is 0 Å². The Labute approximate surface area is 141 Å². The summed E-state index contributed by atoms with van der Waals surface area (Å²) in [5, 5.41) is 49.7. The number of allylic oxidation sites excluding steroid dienone is 1. The van der Waals surface area contributed by atoms with Gasteiger partial charge in [-0.25, -0.2) is 4.79 Å². The third-order valence-corrected chi connectivity index (χ3v) is 4.30. The number of benzene rings is 2. The van der Waals surface area contributed by atoms with Gasteiger partial charge in [0.1, 0.15) is 5.76 Å². The number of rotatable bonds is 1. The molecule has 0 spiro atoms. The van der Waals surface area contributed by atoms with Gasteiger partial charge in [-0.1, -0.05) is 6.07 Å². The number of carboxylic acids is 1. The number of aliphatic hydroxyl groups excluding tert-OH is 1. The van der Waals surface area contributed by atoms with Crippen molar-refractivity contribution in [3.8, 4) is 28.7 Å². The van der Waals surface area contributed by atoms with E-state index in [1.54, 1.807) is 6.07 Å². The van der Waals surface area contributed by atoms with Crippen LogP contribution in [0.25, 0.3) is 11.6 Å². The van der Waals surface area contributed by atoms with Crippen molar-refractivity contribution in [2.75, 3.05) is 0 Å². The summed E-state index contributed by atoms with van der Waals surface area (Å²) in [6.45, 7) is 0. The second-order valence-corrected chi connectivity index (χ2v) is 5.77. The molecule has 4 rings (SSSR count). The summed E-state index contributed by atoms with van der Waals surface area (Å²) in [7, 11) is 0. The number of aliphatic carboxylic acids is 1. The van der Waals surface area contributed by atoms with Crippen LogP contribution in [0.3, 0.4) is 0 Å². The Morgan fingerprint density at radius 3 is 2.40 bits per heavy atom. The molecule has 0 saturated carbocycles. The molecule has 1 heterocycles. The Hall–Kier alpha value is -3.61. The number of phenols is 3. The molecule has 0 amide bonds. The van der Waals surface area contributed by atoms with Gasteiger partial charge in [-0.15, -0.1) is 0 Å². The second kappa shape index (κ2) is 4.94. The summed E-state index contributed by atoms with van der Waals surface area (Å²) in [6.07, 6.45) is 1.40. The van der Waals surface area contributed by atoms with Crippen LogP contribution >= 0.6 is 0 Å². The van der Waals surface area contributed by atoms with Crippen molar-refractivity contribution in [1.29, 1.82) is 0 Å². The molecular weight excluding hydrogens is 328 g/mol. The molecule has 1 aliphatic carbocycles. The van der Waals surface area contributed by atoms with Gasteiger partial charge in [0.2, 0.25) is 5.75 Å². The van der Waals surface area contributed by atoms with E-state index < -0.39 is 23.2 Å². The van der Waals surface area contributed by atoms with E-state index in [9.17, 15) is 30.3 Å². The molecule has 126 valence electrons. The molecule has 25 heavy (non-hydrogen) atoms. The lowest BCUT2D eigenvalue weighted by molar-refractivity contribution is -0.132. The number of aromatic hydroxyl groups is 3. The number of hydrogen-bond donors (Lipinski definition) is 5. The van der Waals surface area contributed by atoms with Gasteiger partial charge in [-0.3, -0.25) is 0 Å². The SMILES string of the molecule is O=C(O)C1=C(O)C2=Cc3ccc(O)c(O)c3Oc3c(O)ccc(c32)C1. The van der Waals surface area contributed by atoms with E-state index in [0.29, 0.717) is 16.7 Å². The fraction of sp³-hybridized carbons (Fsp3) is 0.0556. The van der Waals surface area contributed by atoms with Crippen molar-refractivity contribution in [3.05, 3.63) is 52.3 Å². The van der Waals surface area contributed by atoms with E-state index in [4.69, 9.17) is 4.74 Å². The molecule has 5 N–H and O–H groups in total. The lowest BCUT2D eigenvalue weighted by atomic mass is 9.85. The third-order valence-electron chi connectivity index (χ3n) is 4.30. The highest BCUT2D eigenvalue weighted by Crippen LogP contribution is 2.52. The molecule has 1 aliphatic heterocycles. The molecule has 2 aromatic rings. The highest BCUT2D eigenvalue weighted by atomic mass is 16.5. The molecule has 2 aromatic carbocycles. The largest absolute Gasteiger partial charge is 0.507 e. The van der Waals surface area contributed by atoms with Crippen LogP contribution in [0.1, 0.15) is 16.7 Å². The van der Waals surface area contributed by atoms with Crippen molar-refractivity contribution in [2.45, 2.75) is 6.42 Å². The maximum absolute atomic E-state index is 11.4. The Kier molecular flexibility index (Phi) is 2.95. The number of ether oxygens (including phenoxy) is 1. The first-order chi connectivity index (χ1) is 11.9. The first kappa shape index (κ1) is 14.9. The lowest BCUT2D eigenvalue weighted by Crippen LogP contribution is -2.15. The first-order valence-electron chi connectivity index (χ1n) is 7.34. The summed E-state index contributed by atoms with van der Waals surface area (Å²) in [5.41, 5.74) is 1.18. The van der Waals surface area contributed by atoms with Crippen LogP contribution in [0.15, 0.2) is 35.6 Å². The first-order valence-corrected chi connectivity index (χ1v) is 7.34. The molecule has 0 fully saturated rings. The molecule has 0 bridgehead atoms. The predicted molar refractivity (Wildman–Crippen MR) is 86.8 cm³/mol. The Morgan fingerprint density at radius 1 is 0.960 bits per heavy atom. The third kappa shape index (κ3) is 2.02. The second-order valence-electron chi connectivity index (χ2n) is 5.77. The highest BCUT2D eigenvalue weighted by Gasteiger charge is 2.33. The minimum atomic E-state index is -1.25. The molecule has 7 heteroatoms. The van der Waals surface area contributed by atoms with Crippen LogP contribution in [0.2, 0.25) is 0 Å². The fourth-order valence-corrected chi connectivity index (χ4v) is 3.09. The standard InChI is InChI=1S/C18H12O7/c19-11-3-2-8-6-9-13-7(5-10(14(9)21)18(23)24)1-4-12(20)17(13)25-16(8)15(11)22/h1-4,6,19-22H,5H2,(H,23,24). The maximum Gasteiger partial charge on any atom is 0.335 e. The zero-order valence-corrected chi connectivity index (χ0v) is 12.6. The smallest absolute Gasteiger partial charge is 0.335 e. The Morgan fingerprint density at radius 2 is 1.68 bits per heavy atom. The van der Waals surface area contributed by atoms with Crippen LogP contribution in [0.4, 0.5) is 0 Å². The van der Waals surface area contributed by atoms with Gasteiger partial charge in [0, 0.05) is 23.1 Å². The van der Waals surface area contributed by atoms with Crippen molar-refractivity contribution in [1.82, 2.24) is 0 Å². The van der Waals surface area contributed by atoms with E-state index in [1.165, 1.54) is 24.3 Å². The quantitative estimate of drug-likeness (QED) is 0.505.